The molecule has 130 valence electrons. The molecule has 0 aromatic heterocycles. The summed E-state index contributed by atoms with van der Waals surface area (Å²) >= 11 is 0. The maximum absolute atomic E-state index is 12.3. The summed E-state index contributed by atoms with van der Waals surface area (Å²) in [5.41, 5.74) is 1.49. The van der Waals surface area contributed by atoms with Gasteiger partial charge in [0.1, 0.15) is 0 Å². The summed E-state index contributed by atoms with van der Waals surface area (Å²) in [7, 11) is 0. The highest BCUT2D eigenvalue weighted by Gasteiger charge is 2.18. The summed E-state index contributed by atoms with van der Waals surface area (Å²) in [4.78, 5) is 25.7. The van der Waals surface area contributed by atoms with Crippen LogP contribution < -0.4 is 5.32 Å². The molecule has 2 rings (SSSR count). The van der Waals surface area contributed by atoms with Crippen LogP contribution >= 0.6 is 0 Å². The molecule has 1 saturated heterocycles. The second kappa shape index (κ2) is 9.88. The van der Waals surface area contributed by atoms with E-state index in [4.69, 9.17) is 5.11 Å². The Balaban J connectivity index is 1.84. The highest BCUT2D eigenvalue weighted by Crippen LogP contribution is 2.10. The maximum Gasteiger partial charge on any atom is 0.222 e. The van der Waals surface area contributed by atoms with E-state index in [1.54, 1.807) is 18.2 Å². The Labute approximate surface area is 143 Å². The van der Waals surface area contributed by atoms with Crippen molar-refractivity contribution in [2.45, 2.75) is 32.1 Å². The topological polar surface area (TPSA) is 69.6 Å². The number of aliphatic hydroxyl groups excluding tert-OH is 1. The molecule has 5 heteroatoms. The first-order valence-electron chi connectivity index (χ1n) is 8.63. The van der Waals surface area contributed by atoms with Crippen molar-refractivity contribution in [2.75, 3.05) is 26.2 Å². The van der Waals surface area contributed by atoms with E-state index in [0.717, 1.165) is 31.6 Å². The van der Waals surface area contributed by atoms with Crippen LogP contribution in [0.1, 0.15) is 42.5 Å². The first-order chi connectivity index (χ1) is 11.7. The number of aliphatic hydroxyl groups is 1. The summed E-state index contributed by atoms with van der Waals surface area (Å²) in [5.74, 6) is 0.205. The molecule has 1 amide bonds. The van der Waals surface area contributed by atoms with Crippen LogP contribution in [0, 0.1) is 0 Å². The molecule has 2 N–H and O–H groups in total. The minimum absolute atomic E-state index is 0.0363. The lowest BCUT2D eigenvalue weighted by Gasteiger charge is -2.16. The van der Waals surface area contributed by atoms with Crippen LogP contribution in [0.4, 0.5) is 0 Å². The van der Waals surface area contributed by atoms with Gasteiger partial charge >= 0.3 is 0 Å². The van der Waals surface area contributed by atoms with Crippen molar-refractivity contribution in [2.24, 2.45) is 0 Å². The van der Waals surface area contributed by atoms with Gasteiger partial charge in [-0.1, -0.05) is 30.3 Å². The van der Waals surface area contributed by atoms with Crippen molar-refractivity contribution in [1.29, 1.82) is 0 Å². The summed E-state index contributed by atoms with van der Waals surface area (Å²) in [6, 6.07) is 9.15. The van der Waals surface area contributed by atoms with E-state index in [1.807, 2.05) is 23.1 Å². The Morgan fingerprint density at radius 1 is 1.25 bits per heavy atom. The first-order valence-corrected chi connectivity index (χ1v) is 8.63. The molecule has 1 aliphatic heterocycles. The lowest BCUT2D eigenvalue weighted by Crippen LogP contribution is -2.28. The van der Waals surface area contributed by atoms with Gasteiger partial charge in [0.05, 0.1) is 0 Å². The summed E-state index contributed by atoms with van der Waals surface area (Å²) in [6.45, 7) is 2.42. The Bertz CT molecular complexity index is 569. The normalized spacial score (nSPS) is 15.0. The number of nitrogens with one attached hydrogen (secondary N) is 1. The predicted octanol–water partition coefficient (Wildman–Crippen LogP) is 2.13. The highest BCUT2D eigenvalue weighted by atomic mass is 16.3. The monoisotopic (exact) mass is 330 g/mol. The minimum atomic E-state index is -0.0363. The van der Waals surface area contributed by atoms with E-state index in [-0.39, 0.29) is 18.3 Å². The van der Waals surface area contributed by atoms with Crippen LogP contribution in [0.3, 0.4) is 0 Å². The first kappa shape index (κ1) is 18.2. The number of hydrogen-bond acceptors (Lipinski definition) is 4. The van der Waals surface area contributed by atoms with Crippen LogP contribution in [0.2, 0.25) is 0 Å². The van der Waals surface area contributed by atoms with E-state index >= 15 is 0 Å². The molecule has 1 fully saturated rings. The molecule has 1 aromatic rings. The number of rotatable bonds is 10. The van der Waals surface area contributed by atoms with Crippen LogP contribution in [0.15, 0.2) is 42.1 Å². The molecule has 0 atom stereocenters. The maximum atomic E-state index is 12.3. The Hall–Kier alpha value is -2.14. The standard InChI is InChI=1S/C19H26N2O3/c22-14-5-9-17(15-18(23)16-7-2-1-3-8-16)20-11-6-13-21-12-4-10-19(21)24/h1-3,7-8,15,20,22H,4-6,9-14H2/b17-15+. The Morgan fingerprint density at radius 3 is 2.71 bits per heavy atom. The lowest BCUT2D eigenvalue weighted by molar-refractivity contribution is -0.127. The molecule has 0 radical (unpaired) electrons. The molecule has 0 unspecified atom stereocenters. The number of nitrogens with zero attached hydrogens (tertiary/aromatic N) is 1. The average Bonchev–Trinajstić information content (AvgIpc) is 3.02. The zero-order valence-electron chi connectivity index (χ0n) is 14.0. The number of allylic oxidation sites excluding steroid dienone is 2. The second-order valence-electron chi connectivity index (χ2n) is 5.99. The molecule has 1 aliphatic rings. The van der Waals surface area contributed by atoms with Crippen molar-refractivity contribution in [3.05, 3.63) is 47.7 Å². The number of likely N-dealkylation sites (tertiary alicyclic amines) is 1. The molecule has 1 heterocycles. The molecular weight excluding hydrogens is 304 g/mol. The summed E-state index contributed by atoms with van der Waals surface area (Å²) in [5, 5.41) is 12.3. The smallest absolute Gasteiger partial charge is 0.222 e. The number of ketones is 1. The van der Waals surface area contributed by atoms with Crippen molar-refractivity contribution in [3.63, 3.8) is 0 Å². The van der Waals surface area contributed by atoms with Crippen molar-refractivity contribution < 1.29 is 14.7 Å². The number of benzene rings is 1. The van der Waals surface area contributed by atoms with Gasteiger partial charge < -0.3 is 15.3 Å². The zero-order valence-corrected chi connectivity index (χ0v) is 14.0. The SMILES string of the molecule is O=C(/C=C(\CCCO)NCCCN1CCCC1=O)c1ccccc1. The Kier molecular flexibility index (Phi) is 7.49. The number of carbonyl (C=O) groups is 2. The Morgan fingerprint density at radius 2 is 2.04 bits per heavy atom. The quantitative estimate of drug-likeness (QED) is 0.392. The third-order valence-corrected chi connectivity index (χ3v) is 4.10. The van der Waals surface area contributed by atoms with Gasteiger partial charge in [0.25, 0.3) is 0 Å². The third-order valence-electron chi connectivity index (χ3n) is 4.10. The van der Waals surface area contributed by atoms with Crippen molar-refractivity contribution in [1.82, 2.24) is 10.2 Å². The van der Waals surface area contributed by atoms with Crippen LogP contribution in [0.25, 0.3) is 0 Å². The number of hydrogen-bond donors (Lipinski definition) is 2. The zero-order chi connectivity index (χ0) is 17.2. The van der Waals surface area contributed by atoms with Gasteiger partial charge in [-0.05, 0) is 25.7 Å². The number of amides is 1. The van der Waals surface area contributed by atoms with Gasteiger partial charge in [-0.2, -0.15) is 0 Å². The molecular formula is C19H26N2O3. The fraction of sp³-hybridized carbons (Fsp3) is 0.474. The summed E-state index contributed by atoms with van der Waals surface area (Å²) in [6.07, 6.45) is 5.34. The minimum Gasteiger partial charge on any atom is -0.396 e. The van der Waals surface area contributed by atoms with Gasteiger partial charge in [-0.25, -0.2) is 0 Å². The summed E-state index contributed by atoms with van der Waals surface area (Å²) < 4.78 is 0. The third kappa shape index (κ3) is 5.81. The lowest BCUT2D eigenvalue weighted by atomic mass is 10.1. The average molecular weight is 330 g/mol. The van der Waals surface area contributed by atoms with Gasteiger partial charge in [-0.15, -0.1) is 0 Å². The second-order valence-corrected chi connectivity index (χ2v) is 5.99. The van der Waals surface area contributed by atoms with E-state index < -0.39 is 0 Å². The molecule has 0 saturated carbocycles. The molecule has 0 spiro atoms. The van der Waals surface area contributed by atoms with Crippen LogP contribution in [-0.4, -0.2) is 47.9 Å². The molecule has 5 nitrogen and oxygen atoms in total. The molecule has 1 aromatic carbocycles. The molecule has 0 aliphatic carbocycles. The fourth-order valence-electron chi connectivity index (χ4n) is 2.78. The van der Waals surface area contributed by atoms with Gasteiger partial charge in [0.2, 0.25) is 5.91 Å². The van der Waals surface area contributed by atoms with Gasteiger partial charge in [-0.3, -0.25) is 9.59 Å². The van der Waals surface area contributed by atoms with Crippen molar-refractivity contribution >= 4 is 11.7 Å². The van der Waals surface area contributed by atoms with Gasteiger partial charge in [0.15, 0.2) is 5.78 Å². The predicted molar refractivity (Wildman–Crippen MR) is 93.6 cm³/mol. The highest BCUT2D eigenvalue weighted by molar-refractivity contribution is 6.04. The fourth-order valence-corrected chi connectivity index (χ4v) is 2.78. The molecule has 0 bridgehead atoms. The van der Waals surface area contributed by atoms with Crippen LogP contribution in [0.5, 0.6) is 0 Å². The number of carbonyl (C=O) groups excluding carboxylic acids is 2. The van der Waals surface area contributed by atoms with Gasteiger partial charge in [0, 0.05) is 50.0 Å². The largest absolute Gasteiger partial charge is 0.396 e. The molecule has 24 heavy (non-hydrogen) atoms. The van der Waals surface area contributed by atoms with Crippen LogP contribution in [-0.2, 0) is 4.79 Å². The van der Waals surface area contributed by atoms with E-state index in [9.17, 15) is 9.59 Å². The van der Waals surface area contributed by atoms with E-state index in [2.05, 4.69) is 5.32 Å². The van der Waals surface area contributed by atoms with Crippen molar-refractivity contribution in [3.8, 4) is 0 Å². The van der Waals surface area contributed by atoms with E-state index in [1.165, 1.54) is 0 Å². The van der Waals surface area contributed by atoms with E-state index in [0.29, 0.717) is 31.4 Å².